The van der Waals surface area contributed by atoms with Crippen LogP contribution >= 0.6 is 0 Å². The van der Waals surface area contributed by atoms with Crippen molar-refractivity contribution in [1.29, 1.82) is 0 Å². The van der Waals surface area contributed by atoms with Crippen molar-refractivity contribution in [2.45, 2.75) is 6.54 Å². The van der Waals surface area contributed by atoms with Crippen LogP contribution in [0.5, 0.6) is 0 Å². The van der Waals surface area contributed by atoms with Gasteiger partial charge in [-0.3, -0.25) is 9.78 Å². The van der Waals surface area contributed by atoms with Crippen LogP contribution in [0.2, 0.25) is 0 Å². The Morgan fingerprint density at radius 1 is 1.08 bits per heavy atom. The van der Waals surface area contributed by atoms with Crippen LogP contribution in [0.3, 0.4) is 0 Å². The molecule has 0 aliphatic carbocycles. The zero-order valence-corrected chi connectivity index (χ0v) is 12.7. The summed E-state index contributed by atoms with van der Waals surface area (Å²) < 4.78 is 1.74. The lowest BCUT2D eigenvalue weighted by molar-refractivity contribution is -0.116. The zero-order chi connectivity index (χ0) is 16.5. The van der Waals surface area contributed by atoms with Crippen LogP contribution < -0.4 is 11.1 Å². The smallest absolute Gasteiger partial charge is 0.244 e. The van der Waals surface area contributed by atoms with Crippen molar-refractivity contribution in [3.8, 4) is 0 Å². The summed E-state index contributed by atoms with van der Waals surface area (Å²) in [4.78, 5) is 25.3. The van der Waals surface area contributed by atoms with Gasteiger partial charge in [-0.2, -0.15) is 0 Å². The van der Waals surface area contributed by atoms with E-state index in [0.717, 1.165) is 5.69 Å². The highest BCUT2D eigenvalue weighted by Crippen LogP contribution is 2.25. The van der Waals surface area contributed by atoms with E-state index >= 15 is 0 Å². The van der Waals surface area contributed by atoms with E-state index in [1.165, 1.54) is 0 Å². The van der Waals surface area contributed by atoms with Crippen molar-refractivity contribution >= 4 is 39.5 Å². The van der Waals surface area contributed by atoms with Gasteiger partial charge in [-0.05, 0) is 24.3 Å². The minimum atomic E-state index is -0.153. The Hall–Kier alpha value is -3.48. The van der Waals surface area contributed by atoms with Gasteiger partial charge in [-0.1, -0.05) is 18.2 Å². The number of nitrogens with one attached hydrogen (secondary N) is 1. The Bertz CT molecular complexity index is 1040. The maximum absolute atomic E-state index is 12.3. The van der Waals surface area contributed by atoms with Gasteiger partial charge in [0, 0.05) is 11.9 Å². The van der Waals surface area contributed by atoms with E-state index in [4.69, 9.17) is 5.73 Å². The number of hydrogen-bond donors (Lipinski definition) is 2. The lowest BCUT2D eigenvalue weighted by atomic mass is 10.2. The standard InChI is InChI=1S/C17H14N6O/c18-17-15-16(14-12(22-17)7-4-8-19-14)23(10-20-15)9-13(24)21-11-5-2-1-3-6-11/h1-8,10H,9H2,(H2,18,22)(H,21,24). The van der Waals surface area contributed by atoms with Gasteiger partial charge >= 0.3 is 0 Å². The summed E-state index contributed by atoms with van der Waals surface area (Å²) in [5, 5.41) is 2.85. The van der Waals surface area contributed by atoms with Gasteiger partial charge in [0.05, 0.1) is 11.8 Å². The maximum atomic E-state index is 12.3. The molecular formula is C17H14N6O. The minimum Gasteiger partial charge on any atom is -0.382 e. The van der Waals surface area contributed by atoms with Crippen LogP contribution in [-0.2, 0) is 11.3 Å². The fourth-order valence-corrected chi connectivity index (χ4v) is 2.67. The van der Waals surface area contributed by atoms with Gasteiger partial charge in [0.25, 0.3) is 0 Å². The number of nitrogens with zero attached hydrogens (tertiary/aromatic N) is 4. The Morgan fingerprint density at radius 2 is 1.92 bits per heavy atom. The summed E-state index contributed by atoms with van der Waals surface area (Å²) in [5.41, 5.74) is 9.33. The number of fused-ring (bicyclic) bond motifs is 3. The number of aromatic nitrogens is 4. The molecule has 4 aromatic rings. The van der Waals surface area contributed by atoms with Crippen molar-refractivity contribution in [2.24, 2.45) is 0 Å². The second-order valence-corrected chi connectivity index (χ2v) is 5.35. The van der Waals surface area contributed by atoms with Crippen LogP contribution in [0.15, 0.2) is 55.0 Å². The van der Waals surface area contributed by atoms with E-state index in [2.05, 4.69) is 20.3 Å². The second kappa shape index (κ2) is 5.62. The van der Waals surface area contributed by atoms with Crippen LogP contribution in [0.4, 0.5) is 11.5 Å². The van der Waals surface area contributed by atoms with Crippen molar-refractivity contribution in [3.63, 3.8) is 0 Å². The highest BCUT2D eigenvalue weighted by atomic mass is 16.1. The molecule has 1 aromatic carbocycles. The van der Waals surface area contributed by atoms with Crippen molar-refractivity contribution < 1.29 is 4.79 Å². The number of rotatable bonds is 3. The number of nitrogens with two attached hydrogens (primary N) is 1. The van der Waals surface area contributed by atoms with Gasteiger partial charge in [0.2, 0.25) is 5.91 Å². The molecule has 24 heavy (non-hydrogen) atoms. The van der Waals surface area contributed by atoms with Crippen LogP contribution in [0.25, 0.3) is 22.1 Å². The van der Waals surface area contributed by atoms with E-state index in [1.54, 1.807) is 23.2 Å². The summed E-state index contributed by atoms with van der Waals surface area (Å²) in [6.07, 6.45) is 3.27. The molecule has 7 nitrogen and oxygen atoms in total. The molecular weight excluding hydrogens is 304 g/mol. The SMILES string of the molecule is Nc1nc2cccnc2c2c1ncn2CC(=O)Nc1ccccc1. The number of imidazole rings is 1. The molecule has 0 aliphatic heterocycles. The molecule has 118 valence electrons. The molecule has 3 heterocycles. The number of anilines is 2. The first-order chi connectivity index (χ1) is 11.7. The van der Waals surface area contributed by atoms with Crippen molar-refractivity contribution in [1.82, 2.24) is 19.5 Å². The Morgan fingerprint density at radius 3 is 2.75 bits per heavy atom. The van der Waals surface area contributed by atoms with Crippen LogP contribution in [0, 0.1) is 0 Å². The summed E-state index contributed by atoms with van der Waals surface area (Å²) in [6.45, 7) is 0.112. The third-order valence-electron chi connectivity index (χ3n) is 3.70. The molecule has 0 unspecified atom stereocenters. The van der Waals surface area contributed by atoms with Crippen molar-refractivity contribution in [3.05, 3.63) is 55.0 Å². The number of nitrogen functional groups attached to an aromatic ring is 1. The third-order valence-corrected chi connectivity index (χ3v) is 3.70. The predicted octanol–water partition coefficient (Wildman–Crippen LogP) is 2.20. The van der Waals surface area contributed by atoms with Gasteiger partial charge in [-0.25, -0.2) is 9.97 Å². The molecule has 3 N–H and O–H groups in total. The molecule has 1 amide bonds. The first-order valence-electron chi connectivity index (χ1n) is 7.42. The summed E-state index contributed by atoms with van der Waals surface area (Å²) in [6, 6.07) is 12.9. The van der Waals surface area contributed by atoms with E-state index in [9.17, 15) is 4.79 Å². The molecule has 7 heteroatoms. The predicted molar refractivity (Wildman–Crippen MR) is 92.3 cm³/mol. The summed E-state index contributed by atoms with van der Waals surface area (Å²) in [7, 11) is 0. The molecule has 0 spiro atoms. The molecule has 4 rings (SSSR count). The van der Waals surface area contributed by atoms with Gasteiger partial charge in [0.15, 0.2) is 5.82 Å². The van der Waals surface area contributed by atoms with Crippen LogP contribution in [0.1, 0.15) is 0 Å². The lowest BCUT2D eigenvalue weighted by Gasteiger charge is -2.08. The molecule has 0 fully saturated rings. The topological polar surface area (TPSA) is 98.7 Å². The average molecular weight is 318 g/mol. The third kappa shape index (κ3) is 2.41. The largest absolute Gasteiger partial charge is 0.382 e. The van der Waals surface area contributed by atoms with E-state index < -0.39 is 0 Å². The Labute approximate surface area is 137 Å². The van der Waals surface area contributed by atoms with Gasteiger partial charge in [-0.15, -0.1) is 0 Å². The number of benzene rings is 1. The fraction of sp³-hybridized carbons (Fsp3) is 0.0588. The first-order valence-corrected chi connectivity index (χ1v) is 7.42. The van der Waals surface area contributed by atoms with E-state index in [0.29, 0.717) is 27.9 Å². The highest BCUT2D eigenvalue weighted by Gasteiger charge is 2.15. The first kappa shape index (κ1) is 14.1. The van der Waals surface area contributed by atoms with Crippen LogP contribution in [-0.4, -0.2) is 25.4 Å². The number of hydrogen-bond acceptors (Lipinski definition) is 5. The summed E-state index contributed by atoms with van der Waals surface area (Å²) >= 11 is 0. The number of carbonyl (C=O) groups is 1. The average Bonchev–Trinajstić information content (AvgIpc) is 3.00. The number of amides is 1. The Kier molecular flexibility index (Phi) is 3.31. The van der Waals surface area contributed by atoms with E-state index in [1.807, 2.05) is 36.4 Å². The summed E-state index contributed by atoms with van der Waals surface area (Å²) in [5.74, 6) is 0.174. The minimum absolute atomic E-state index is 0.112. The maximum Gasteiger partial charge on any atom is 0.244 e. The molecule has 0 bridgehead atoms. The monoisotopic (exact) mass is 318 g/mol. The highest BCUT2D eigenvalue weighted by molar-refractivity contribution is 6.04. The quantitative estimate of drug-likeness (QED) is 0.603. The number of carbonyl (C=O) groups excluding carboxylic acids is 1. The zero-order valence-electron chi connectivity index (χ0n) is 12.7. The van der Waals surface area contributed by atoms with Gasteiger partial charge < -0.3 is 15.6 Å². The lowest BCUT2D eigenvalue weighted by Crippen LogP contribution is -2.18. The Balaban J connectivity index is 1.73. The van der Waals surface area contributed by atoms with Crippen molar-refractivity contribution in [2.75, 3.05) is 11.1 Å². The normalized spacial score (nSPS) is 11.0. The van der Waals surface area contributed by atoms with Gasteiger partial charge in [0.1, 0.15) is 23.1 Å². The number of para-hydroxylation sites is 1. The fourth-order valence-electron chi connectivity index (χ4n) is 2.67. The van der Waals surface area contributed by atoms with E-state index in [-0.39, 0.29) is 12.5 Å². The molecule has 0 radical (unpaired) electrons. The molecule has 3 aromatic heterocycles. The number of pyridine rings is 2. The second-order valence-electron chi connectivity index (χ2n) is 5.35. The molecule has 0 saturated carbocycles. The molecule has 0 saturated heterocycles. The molecule has 0 aliphatic rings. The molecule has 0 atom stereocenters.